The molecule has 1 N–H and O–H groups in total. The number of aliphatic imine (C=N–C) groups is 1. The van der Waals surface area contributed by atoms with Crippen molar-refractivity contribution in [2.45, 2.75) is 40.0 Å². The van der Waals surface area contributed by atoms with Gasteiger partial charge in [0.15, 0.2) is 0 Å². The molecule has 0 saturated heterocycles. The quantitative estimate of drug-likeness (QED) is 0.349. The number of amides is 2. The Bertz CT molecular complexity index is 418. The Balaban J connectivity index is 0.00000324. The first-order valence-corrected chi connectivity index (χ1v) is 6.04. The van der Waals surface area contributed by atoms with E-state index in [9.17, 15) is 14.7 Å². The standard InChI is InChI=1S/C13H20N2O3.Na/c1-8(2)5-6-13(7-9(3)4)10(16)14-12(18)15-11(13)17;/h8H,3,5-7H2,1-2,4H3,(H2,14,15,16,17,18);/q;+1/p-1. The Morgan fingerprint density at radius 1 is 1.47 bits per heavy atom. The van der Waals surface area contributed by atoms with E-state index in [-0.39, 0.29) is 36.0 Å². The summed E-state index contributed by atoms with van der Waals surface area (Å²) in [5.41, 5.74) is -0.517. The largest absolute Gasteiger partial charge is 1.00 e. The van der Waals surface area contributed by atoms with Crippen LogP contribution in [0, 0.1) is 11.3 Å². The van der Waals surface area contributed by atoms with Crippen LogP contribution in [0.3, 0.4) is 0 Å². The third-order valence-corrected chi connectivity index (χ3v) is 3.02. The molecule has 0 aliphatic carbocycles. The molecule has 1 atom stereocenters. The van der Waals surface area contributed by atoms with Gasteiger partial charge < -0.3 is 10.4 Å². The topological polar surface area (TPSA) is 81.6 Å². The summed E-state index contributed by atoms with van der Waals surface area (Å²) in [6.07, 6.45) is 1.34. The molecule has 0 bridgehead atoms. The van der Waals surface area contributed by atoms with Crippen LogP contribution in [0.1, 0.15) is 40.0 Å². The van der Waals surface area contributed by atoms with Gasteiger partial charge in [-0.05, 0) is 32.1 Å². The van der Waals surface area contributed by atoms with Gasteiger partial charge in [-0.25, -0.2) is 4.99 Å². The van der Waals surface area contributed by atoms with Gasteiger partial charge in [-0.15, -0.1) is 6.58 Å². The molecule has 5 nitrogen and oxygen atoms in total. The predicted octanol–water partition coefficient (Wildman–Crippen LogP) is -2.25. The van der Waals surface area contributed by atoms with Gasteiger partial charge in [0.1, 0.15) is 5.41 Å². The average molecular weight is 274 g/mol. The molecular weight excluding hydrogens is 255 g/mol. The third-order valence-electron chi connectivity index (χ3n) is 3.02. The summed E-state index contributed by atoms with van der Waals surface area (Å²) in [7, 11) is 0. The van der Waals surface area contributed by atoms with Crippen molar-refractivity contribution in [1.82, 2.24) is 5.32 Å². The van der Waals surface area contributed by atoms with Crippen molar-refractivity contribution in [3.63, 3.8) is 0 Å². The van der Waals surface area contributed by atoms with Crippen LogP contribution in [0.4, 0.5) is 0 Å². The first-order chi connectivity index (χ1) is 8.28. The average Bonchev–Trinajstić information content (AvgIpc) is 2.21. The van der Waals surface area contributed by atoms with Crippen LogP contribution in [0.15, 0.2) is 17.1 Å². The van der Waals surface area contributed by atoms with Crippen LogP contribution >= 0.6 is 0 Å². The van der Waals surface area contributed by atoms with Gasteiger partial charge in [-0.2, -0.15) is 0 Å². The molecule has 1 rings (SSSR count). The minimum Gasteiger partial charge on any atom is -0.846 e. The zero-order valence-electron chi connectivity index (χ0n) is 12.1. The van der Waals surface area contributed by atoms with E-state index in [4.69, 9.17) is 0 Å². The van der Waals surface area contributed by atoms with Crippen molar-refractivity contribution in [2.24, 2.45) is 16.3 Å². The summed E-state index contributed by atoms with van der Waals surface area (Å²) in [6, 6.07) is -0.869. The normalized spacial score (nSPS) is 22.6. The number of hydrogen-bond donors (Lipinski definition) is 1. The van der Waals surface area contributed by atoms with E-state index in [2.05, 4.69) is 16.9 Å². The van der Waals surface area contributed by atoms with Gasteiger partial charge in [0.25, 0.3) is 5.91 Å². The number of carbonyl (C=O) groups excluding carboxylic acids is 2. The summed E-state index contributed by atoms with van der Waals surface area (Å²) < 4.78 is 0. The summed E-state index contributed by atoms with van der Waals surface area (Å²) in [5.74, 6) is -0.818. The molecule has 1 aliphatic heterocycles. The second-order valence-corrected chi connectivity index (χ2v) is 5.32. The number of allylic oxidation sites excluding steroid dienone is 1. The first kappa shape index (κ1) is 18.4. The van der Waals surface area contributed by atoms with Crippen LogP contribution in [0.25, 0.3) is 0 Å². The molecule has 19 heavy (non-hydrogen) atoms. The summed E-state index contributed by atoms with van der Waals surface area (Å²) in [5, 5.41) is 13.2. The molecule has 1 unspecified atom stereocenters. The van der Waals surface area contributed by atoms with E-state index in [1.54, 1.807) is 6.92 Å². The smallest absolute Gasteiger partial charge is 0.846 e. The summed E-state index contributed by atoms with van der Waals surface area (Å²) in [4.78, 5) is 27.4. The molecule has 0 spiro atoms. The fourth-order valence-corrected chi connectivity index (χ4v) is 2.06. The zero-order chi connectivity index (χ0) is 13.9. The minimum absolute atomic E-state index is 0. The van der Waals surface area contributed by atoms with Crippen LogP contribution in [-0.2, 0) is 9.59 Å². The second-order valence-electron chi connectivity index (χ2n) is 5.32. The molecule has 0 radical (unpaired) electrons. The number of rotatable bonds is 5. The van der Waals surface area contributed by atoms with Gasteiger partial charge in [0, 0.05) is 0 Å². The van der Waals surface area contributed by atoms with Gasteiger partial charge in [0.2, 0.25) is 5.91 Å². The SMILES string of the molecule is C=C(C)CC1(CCC(C)C)C(=O)N=C([O-])NC1=O.[Na+]. The van der Waals surface area contributed by atoms with Crippen LogP contribution in [0.5, 0.6) is 0 Å². The fraction of sp³-hybridized carbons (Fsp3) is 0.615. The molecule has 0 saturated carbocycles. The van der Waals surface area contributed by atoms with Crippen molar-refractivity contribution in [1.29, 1.82) is 0 Å². The number of hydrogen-bond acceptors (Lipinski definition) is 3. The first-order valence-electron chi connectivity index (χ1n) is 6.04. The van der Waals surface area contributed by atoms with Crippen LogP contribution < -0.4 is 40.0 Å². The van der Waals surface area contributed by atoms with Crippen molar-refractivity contribution in [3.8, 4) is 0 Å². The Morgan fingerprint density at radius 3 is 2.47 bits per heavy atom. The Morgan fingerprint density at radius 2 is 2.05 bits per heavy atom. The van der Waals surface area contributed by atoms with Gasteiger partial charge >= 0.3 is 29.6 Å². The molecule has 0 aromatic heterocycles. The maximum Gasteiger partial charge on any atom is 1.00 e. The molecule has 100 valence electrons. The van der Waals surface area contributed by atoms with Crippen molar-refractivity contribution >= 4 is 17.8 Å². The van der Waals surface area contributed by atoms with Crippen molar-refractivity contribution < 1.29 is 44.3 Å². The van der Waals surface area contributed by atoms with E-state index in [1.165, 1.54) is 0 Å². The maximum atomic E-state index is 12.0. The molecule has 0 fully saturated rings. The van der Waals surface area contributed by atoms with E-state index in [0.29, 0.717) is 12.3 Å². The van der Waals surface area contributed by atoms with E-state index in [0.717, 1.165) is 12.0 Å². The maximum absolute atomic E-state index is 12.0. The van der Waals surface area contributed by atoms with E-state index >= 15 is 0 Å². The minimum atomic E-state index is -1.25. The van der Waals surface area contributed by atoms with Crippen molar-refractivity contribution in [2.75, 3.05) is 0 Å². The molecule has 0 aromatic carbocycles. The predicted molar refractivity (Wildman–Crippen MR) is 66.5 cm³/mol. The number of amidine groups is 1. The summed E-state index contributed by atoms with van der Waals surface area (Å²) in [6.45, 7) is 9.54. The molecule has 0 aromatic rings. The van der Waals surface area contributed by atoms with Gasteiger partial charge in [0.05, 0.1) is 6.02 Å². The molecule has 2 amide bonds. The molecule has 6 heteroatoms. The number of carbonyl (C=O) groups is 2. The van der Waals surface area contributed by atoms with E-state index in [1.807, 2.05) is 13.8 Å². The van der Waals surface area contributed by atoms with Crippen LogP contribution in [-0.4, -0.2) is 17.8 Å². The van der Waals surface area contributed by atoms with Gasteiger partial charge in [-0.3, -0.25) is 9.59 Å². The molecule has 1 heterocycles. The van der Waals surface area contributed by atoms with Gasteiger partial charge in [-0.1, -0.05) is 19.4 Å². The zero-order valence-corrected chi connectivity index (χ0v) is 14.1. The van der Waals surface area contributed by atoms with Crippen molar-refractivity contribution in [3.05, 3.63) is 12.2 Å². The fourth-order valence-electron chi connectivity index (χ4n) is 2.06. The van der Waals surface area contributed by atoms with Crippen LogP contribution in [0.2, 0.25) is 0 Å². The Labute approximate surface area is 135 Å². The Kier molecular flexibility index (Phi) is 6.97. The third kappa shape index (κ3) is 4.44. The summed E-state index contributed by atoms with van der Waals surface area (Å²) >= 11 is 0. The monoisotopic (exact) mass is 274 g/mol. The number of nitrogens with zero attached hydrogens (tertiary/aromatic N) is 1. The molecule has 1 aliphatic rings. The second kappa shape index (κ2) is 7.22. The molecular formula is C13H19N2NaO3. The Hall–Kier alpha value is -0.650. The van der Waals surface area contributed by atoms with E-state index < -0.39 is 23.3 Å². The number of nitrogens with one attached hydrogen (secondary N) is 1.